The van der Waals surface area contributed by atoms with Crippen LogP contribution in [0.5, 0.6) is 0 Å². The summed E-state index contributed by atoms with van der Waals surface area (Å²) < 4.78 is 5.00. The first kappa shape index (κ1) is 15.3. The highest BCUT2D eigenvalue weighted by molar-refractivity contribution is 5.95. The molecule has 1 unspecified atom stereocenters. The van der Waals surface area contributed by atoms with Crippen LogP contribution in [-0.4, -0.2) is 30.1 Å². The van der Waals surface area contributed by atoms with Gasteiger partial charge < -0.3 is 15.4 Å². The molecule has 0 bridgehead atoms. The molecule has 0 aromatic carbocycles. The highest BCUT2D eigenvalue weighted by Gasteiger charge is 2.17. The maximum Gasteiger partial charge on any atom is 0.340 e. The minimum atomic E-state index is -0.399. The van der Waals surface area contributed by atoms with E-state index in [0.717, 1.165) is 18.8 Å². The normalized spacial score (nSPS) is 12.0. The Labute approximate surface area is 114 Å². The molecule has 106 valence electrons. The molecule has 0 aliphatic carbocycles. The monoisotopic (exact) mass is 265 g/mol. The van der Waals surface area contributed by atoms with Gasteiger partial charge in [0.25, 0.3) is 0 Å². The van der Waals surface area contributed by atoms with Crippen LogP contribution in [0.1, 0.15) is 44.5 Å². The lowest BCUT2D eigenvalue weighted by Gasteiger charge is -2.28. The molecule has 1 aromatic heterocycles. The number of esters is 1. The predicted molar refractivity (Wildman–Crippen MR) is 77.4 cm³/mol. The molecular formula is C14H23N3O2. The second-order valence-corrected chi connectivity index (χ2v) is 4.39. The van der Waals surface area contributed by atoms with Gasteiger partial charge in [0.1, 0.15) is 5.82 Å². The zero-order valence-electron chi connectivity index (χ0n) is 12.1. The van der Waals surface area contributed by atoms with Crippen LogP contribution >= 0.6 is 0 Å². The molecule has 1 rings (SSSR count). The molecule has 0 fully saturated rings. The van der Waals surface area contributed by atoms with Crippen LogP contribution in [0.2, 0.25) is 0 Å². The van der Waals surface area contributed by atoms with Gasteiger partial charge in [0.15, 0.2) is 0 Å². The van der Waals surface area contributed by atoms with Crippen molar-refractivity contribution >= 4 is 17.5 Å². The van der Waals surface area contributed by atoms with Crippen molar-refractivity contribution in [3.63, 3.8) is 0 Å². The summed E-state index contributed by atoms with van der Waals surface area (Å²) >= 11 is 0. The van der Waals surface area contributed by atoms with Gasteiger partial charge in [-0.1, -0.05) is 6.92 Å². The molecule has 0 radical (unpaired) electrons. The van der Waals surface area contributed by atoms with Crippen molar-refractivity contribution in [2.45, 2.75) is 40.2 Å². The number of aromatic nitrogens is 1. The molecule has 1 heterocycles. The second kappa shape index (κ2) is 6.97. The standard InChI is InChI=1S/C14H23N3O2/c1-5-10(4)17(6-2)13-8-11(12(15)9-16-13)14(18)19-7-3/h8-10H,5-7,15H2,1-4H3. The summed E-state index contributed by atoms with van der Waals surface area (Å²) in [4.78, 5) is 18.3. The van der Waals surface area contributed by atoms with Gasteiger partial charge in [-0.3, -0.25) is 0 Å². The molecule has 0 aliphatic heterocycles. The topological polar surface area (TPSA) is 68.5 Å². The molecule has 1 atom stereocenters. The van der Waals surface area contributed by atoms with E-state index in [1.807, 2.05) is 0 Å². The molecule has 0 saturated heterocycles. The average molecular weight is 265 g/mol. The van der Waals surface area contributed by atoms with E-state index in [0.29, 0.717) is 23.9 Å². The number of ether oxygens (including phenoxy) is 1. The molecule has 1 aromatic rings. The van der Waals surface area contributed by atoms with Crippen LogP contribution in [0.15, 0.2) is 12.3 Å². The van der Waals surface area contributed by atoms with Gasteiger partial charge in [-0.15, -0.1) is 0 Å². The summed E-state index contributed by atoms with van der Waals surface area (Å²) in [6.07, 6.45) is 2.53. The maximum atomic E-state index is 11.8. The van der Waals surface area contributed by atoms with Crippen LogP contribution in [0.3, 0.4) is 0 Å². The Bertz CT molecular complexity index is 435. The summed E-state index contributed by atoms with van der Waals surface area (Å²) in [7, 11) is 0. The first-order valence-corrected chi connectivity index (χ1v) is 6.74. The molecule has 2 N–H and O–H groups in total. The Kier molecular flexibility index (Phi) is 5.60. The number of carbonyl (C=O) groups is 1. The molecule has 5 nitrogen and oxygen atoms in total. The lowest BCUT2D eigenvalue weighted by Crippen LogP contribution is -2.33. The fourth-order valence-corrected chi connectivity index (χ4v) is 1.92. The zero-order valence-corrected chi connectivity index (χ0v) is 12.1. The van der Waals surface area contributed by atoms with Crippen molar-refractivity contribution in [3.8, 4) is 0 Å². The maximum absolute atomic E-state index is 11.8. The van der Waals surface area contributed by atoms with Gasteiger partial charge in [-0.25, -0.2) is 9.78 Å². The molecule has 0 aliphatic rings. The lowest BCUT2D eigenvalue weighted by molar-refractivity contribution is 0.0527. The van der Waals surface area contributed by atoms with E-state index in [4.69, 9.17) is 10.5 Å². The number of hydrogen-bond donors (Lipinski definition) is 1. The third-order valence-corrected chi connectivity index (χ3v) is 3.17. The number of hydrogen-bond acceptors (Lipinski definition) is 5. The van der Waals surface area contributed by atoms with Crippen molar-refractivity contribution in [3.05, 3.63) is 17.8 Å². The summed E-state index contributed by atoms with van der Waals surface area (Å²) in [5.74, 6) is 0.359. The van der Waals surface area contributed by atoms with Crippen LogP contribution in [-0.2, 0) is 4.74 Å². The Balaban J connectivity index is 3.10. The second-order valence-electron chi connectivity index (χ2n) is 4.39. The zero-order chi connectivity index (χ0) is 14.4. The Morgan fingerprint density at radius 1 is 1.47 bits per heavy atom. The third kappa shape index (κ3) is 3.59. The number of nitrogens with two attached hydrogens (primary N) is 1. The van der Waals surface area contributed by atoms with Gasteiger partial charge in [-0.05, 0) is 33.3 Å². The minimum Gasteiger partial charge on any atom is -0.462 e. The van der Waals surface area contributed by atoms with Crippen molar-refractivity contribution in [1.82, 2.24) is 4.98 Å². The smallest absolute Gasteiger partial charge is 0.340 e. The Hall–Kier alpha value is -1.78. The van der Waals surface area contributed by atoms with Crippen LogP contribution in [0, 0.1) is 0 Å². The first-order valence-electron chi connectivity index (χ1n) is 6.74. The Morgan fingerprint density at radius 2 is 2.16 bits per heavy atom. The average Bonchev–Trinajstić information content (AvgIpc) is 2.41. The van der Waals surface area contributed by atoms with E-state index in [-0.39, 0.29) is 0 Å². The van der Waals surface area contributed by atoms with E-state index in [1.54, 1.807) is 13.0 Å². The van der Waals surface area contributed by atoms with E-state index in [9.17, 15) is 4.79 Å². The van der Waals surface area contributed by atoms with E-state index in [1.165, 1.54) is 6.20 Å². The summed E-state index contributed by atoms with van der Waals surface area (Å²) in [6.45, 7) is 9.25. The van der Waals surface area contributed by atoms with Crippen molar-refractivity contribution < 1.29 is 9.53 Å². The minimum absolute atomic E-state index is 0.332. The lowest BCUT2D eigenvalue weighted by atomic mass is 10.2. The number of rotatable bonds is 6. The van der Waals surface area contributed by atoms with Crippen molar-refractivity contribution in [1.29, 1.82) is 0 Å². The van der Waals surface area contributed by atoms with E-state index >= 15 is 0 Å². The molecule has 5 heteroatoms. The van der Waals surface area contributed by atoms with Crippen LogP contribution in [0.4, 0.5) is 11.5 Å². The molecule has 0 saturated carbocycles. The van der Waals surface area contributed by atoms with Crippen LogP contribution < -0.4 is 10.6 Å². The summed E-state index contributed by atoms with van der Waals surface area (Å²) in [5.41, 5.74) is 6.52. The molecule has 19 heavy (non-hydrogen) atoms. The molecular weight excluding hydrogens is 242 g/mol. The number of carbonyl (C=O) groups excluding carboxylic acids is 1. The fourth-order valence-electron chi connectivity index (χ4n) is 1.92. The number of pyridine rings is 1. The van der Waals surface area contributed by atoms with E-state index < -0.39 is 5.97 Å². The molecule has 0 amide bonds. The van der Waals surface area contributed by atoms with E-state index in [2.05, 4.69) is 30.7 Å². The number of anilines is 2. The number of nitrogen functional groups attached to an aromatic ring is 1. The summed E-state index contributed by atoms with van der Waals surface area (Å²) in [5, 5.41) is 0. The SMILES string of the molecule is CCOC(=O)c1cc(N(CC)C(C)CC)ncc1N. The fraction of sp³-hybridized carbons (Fsp3) is 0.571. The highest BCUT2D eigenvalue weighted by Crippen LogP contribution is 2.21. The highest BCUT2D eigenvalue weighted by atomic mass is 16.5. The molecule has 0 spiro atoms. The van der Waals surface area contributed by atoms with Crippen LogP contribution in [0.25, 0.3) is 0 Å². The largest absolute Gasteiger partial charge is 0.462 e. The third-order valence-electron chi connectivity index (χ3n) is 3.17. The van der Waals surface area contributed by atoms with Crippen molar-refractivity contribution in [2.75, 3.05) is 23.8 Å². The first-order chi connectivity index (χ1) is 9.04. The number of nitrogens with zero attached hydrogens (tertiary/aromatic N) is 2. The van der Waals surface area contributed by atoms with Gasteiger partial charge in [0.2, 0.25) is 0 Å². The van der Waals surface area contributed by atoms with Gasteiger partial charge in [-0.2, -0.15) is 0 Å². The van der Waals surface area contributed by atoms with Gasteiger partial charge in [0, 0.05) is 12.6 Å². The van der Waals surface area contributed by atoms with Gasteiger partial charge in [0.05, 0.1) is 24.1 Å². The predicted octanol–water partition coefficient (Wildman–Crippen LogP) is 2.47. The quantitative estimate of drug-likeness (QED) is 0.800. The summed E-state index contributed by atoms with van der Waals surface area (Å²) in [6, 6.07) is 2.07. The van der Waals surface area contributed by atoms with Crippen molar-refractivity contribution in [2.24, 2.45) is 0 Å². The van der Waals surface area contributed by atoms with Gasteiger partial charge >= 0.3 is 5.97 Å². The Morgan fingerprint density at radius 3 is 2.68 bits per heavy atom.